The van der Waals surface area contributed by atoms with E-state index >= 15 is 0 Å². The maximum atomic E-state index is 13.7. The molecule has 0 saturated heterocycles. The van der Waals surface area contributed by atoms with Gasteiger partial charge in [0.1, 0.15) is 0 Å². The summed E-state index contributed by atoms with van der Waals surface area (Å²) >= 11 is 0. The van der Waals surface area contributed by atoms with Gasteiger partial charge in [0.15, 0.2) is 17.4 Å². The standard InChI is InChI=1S/C14H19F2NO3/c1-3-5-17-9-10-7-11(15)14(12(16)8-10)20-6-4-13(18)19-2/h7-8,17H,3-6,9H2,1-2H3. The average molecular weight is 287 g/mol. The predicted octanol–water partition coefficient (Wildman–Crippen LogP) is 2.41. The third-order valence-corrected chi connectivity index (χ3v) is 2.59. The molecule has 112 valence electrons. The molecule has 1 aromatic rings. The molecule has 1 rings (SSSR count). The minimum absolute atomic E-state index is 0.0603. The van der Waals surface area contributed by atoms with Crippen molar-refractivity contribution in [2.75, 3.05) is 20.3 Å². The second-order valence-corrected chi connectivity index (χ2v) is 4.24. The van der Waals surface area contributed by atoms with E-state index in [1.54, 1.807) is 0 Å². The first-order chi connectivity index (χ1) is 9.58. The fraction of sp³-hybridized carbons (Fsp3) is 0.500. The summed E-state index contributed by atoms with van der Waals surface area (Å²) in [4.78, 5) is 10.9. The van der Waals surface area contributed by atoms with Crippen LogP contribution in [0.15, 0.2) is 12.1 Å². The van der Waals surface area contributed by atoms with Gasteiger partial charge in [0.05, 0.1) is 20.1 Å². The Morgan fingerprint density at radius 3 is 2.50 bits per heavy atom. The van der Waals surface area contributed by atoms with Crippen molar-refractivity contribution in [3.8, 4) is 5.75 Å². The van der Waals surface area contributed by atoms with Crippen LogP contribution in [0.2, 0.25) is 0 Å². The van der Waals surface area contributed by atoms with Gasteiger partial charge in [0.2, 0.25) is 0 Å². The Labute approximate surface area is 117 Å². The summed E-state index contributed by atoms with van der Waals surface area (Å²) in [6, 6.07) is 2.44. The van der Waals surface area contributed by atoms with Crippen LogP contribution in [-0.2, 0) is 16.1 Å². The summed E-state index contributed by atoms with van der Waals surface area (Å²) in [6.07, 6.45) is 0.884. The van der Waals surface area contributed by atoms with E-state index in [-0.39, 0.29) is 13.0 Å². The third kappa shape index (κ3) is 5.13. The molecule has 0 saturated carbocycles. The van der Waals surface area contributed by atoms with E-state index in [9.17, 15) is 13.6 Å². The van der Waals surface area contributed by atoms with E-state index in [0.29, 0.717) is 12.1 Å². The number of carbonyl (C=O) groups is 1. The van der Waals surface area contributed by atoms with E-state index in [0.717, 1.165) is 13.0 Å². The van der Waals surface area contributed by atoms with Crippen LogP contribution in [0.5, 0.6) is 5.75 Å². The topological polar surface area (TPSA) is 47.6 Å². The number of esters is 1. The highest BCUT2D eigenvalue weighted by molar-refractivity contribution is 5.69. The second kappa shape index (κ2) is 8.47. The first-order valence-electron chi connectivity index (χ1n) is 6.46. The lowest BCUT2D eigenvalue weighted by Gasteiger charge is -2.10. The number of hydrogen-bond donors (Lipinski definition) is 1. The third-order valence-electron chi connectivity index (χ3n) is 2.59. The lowest BCUT2D eigenvalue weighted by molar-refractivity contribution is -0.141. The van der Waals surface area contributed by atoms with Gasteiger partial charge in [0, 0.05) is 6.54 Å². The van der Waals surface area contributed by atoms with Crippen LogP contribution in [0, 0.1) is 11.6 Å². The quantitative estimate of drug-likeness (QED) is 0.589. The Morgan fingerprint density at radius 1 is 1.30 bits per heavy atom. The number of methoxy groups -OCH3 is 1. The lowest BCUT2D eigenvalue weighted by Crippen LogP contribution is -2.14. The molecule has 0 amide bonds. The fourth-order valence-electron chi connectivity index (χ4n) is 1.60. The molecule has 0 fully saturated rings. The Hall–Kier alpha value is -1.69. The Morgan fingerprint density at radius 2 is 1.95 bits per heavy atom. The maximum Gasteiger partial charge on any atom is 0.308 e. The van der Waals surface area contributed by atoms with Crippen molar-refractivity contribution in [1.29, 1.82) is 0 Å². The molecule has 0 aliphatic heterocycles. The monoisotopic (exact) mass is 287 g/mol. The first kappa shape index (κ1) is 16.4. The minimum Gasteiger partial charge on any atom is -0.487 e. The summed E-state index contributed by atoms with van der Waals surface area (Å²) in [5.74, 6) is -2.51. The van der Waals surface area contributed by atoms with Crippen LogP contribution in [-0.4, -0.2) is 26.2 Å². The van der Waals surface area contributed by atoms with Gasteiger partial charge in [-0.15, -0.1) is 0 Å². The summed E-state index contributed by atoms with van der Waals surface area (Å²) in [7, 11) is 1.24. The highest BCUT2D eigenvalue weighted by atomic mass is 19.1. The number of ether oxygens (including phenoxy) is 2. The number of hydrogen-bond acceptors (Lipinski definition) is 4. The molecule has 0 atom stereocenters. The van der Waals surface area contributed by atoms with E-state index in [1.807, 2.05) is 6.92 Å². The number of carbonyl (C=O) groups excluding carboxylic acids is 1. The average Bonchev–Trinajstić information content (AvgIpc) is 2.42. The van der Waals surface area contributed by atoms with Crippen molar-refractivity contribution >= 4 is 5.97 Å². The van der Waals surface area contributed by atoms with Gasteiger partial charge in [0.25, 0.3) is 0 Å². The molecular formula is C14H19F2NO3. The van der Waals surface area contributed by atoms with Gasteiger partial charge in [-0.3, -0.25) is 4.79 Å². The van der Waals surface area contributed by atoms with Gasteiger partial charge in [-0.05, 0) is 30.7 Å². The molecule has 0 spiro atoms. The maximum absolute atomic E-state index is 13.7. The van der Waals surface area contributed by atoms with Crippen LogP contribution in [0.3, 0.4) is 0 Å². The van der Waals surface area contributed by atoms with Crippen molar-refractivity contribution in [2.24, 2.45) is 0 Å². The number of benzene rings is 1. The Kier molecular flexibility index (Phi) is 6.93. The van der Waals surface area contributed by atoms with Crippen LogP contribution < -0.4 is 10.1 Å². The van der Waals surface area contributed by atoms with Gasteiger partial charge < -0.3 is 14.8 Å². The van der Waals surface area contributed by atoms with Crippen molar-refractivity contribution in [2.45, 2.75) is 26.3 Å². The van der Waals surface area contributed by atoms with Crippen molar-refractivity contribution in [3.05, 3.63) is 29.3 Å². The second-order valence-electron chi connectivity index (χ2n) is 4.24. The van der Waals surface area contributed by atoms with Gasteiger partial charge in [-0.1, -0.05) is 6.92 Å². The van der Waals surface area contributed by atoms with E-state index in [2.05, 4.69) is 10.1 Å². The largest absolute Gasteiger partial charge is 0.487 e. The zero-order chi connectivity index (χ0) is 15.0. The SMILES string of the molecule is CCCNCc1cc(F)c(OCCC(=O)OC)c(F)c1. The first-order valence-corrected chi connectivity index (χ1v) is 6.46. The molecule has 0 radical (unpaired) electrons. The molecule has 1 N–H and O–H groups in total. The molecule has 6 heteroatoms. The Bertz CT molecular complexity index is 429. The number of nitrogens with one attached hydrogen (secondary N) is 1. The smallest absolute Gasteiger partial charge is 0.308 e. The van der Waals surface area contributed by atoms with Crippen LogP contribution in [0.4, 0.5) is 8.78 Å². The fourth-order valence-corrected chi connectivity index (χ4v) is 1.60. The van der Waals surface area contributed by atoms with E-state index in [1.165, 1.54) is 19.2 Å². The van der Waals surface area contributed by atoms with Crippen LogP contribution >= 0.6 is 0 Å². The predicted molar refractivity (Wildman–Crippen MR) is 70.5 cm³/mol. The number of halogens is 2. The highest BCUT2D eigenvalue weighted by Gasteiger charge is 2.13. The van der Waals surface area contributed by atoms with Crippen molar-refractivity contribution in [3.63, 3.8) is 0 Å². The molecule has 20 heavy (non-hydrogen) atoms. The summed E-state index contributed by atoms with van der Waals surface area (Å²) < 4.78 is 36.8. The molecular weight excluding hydrogens is 268 g/mol. The van der Waals surface area contributed by atoms with Gasteiger partial charge in [-0.25, -0.2) is 8.78 Å². The molecule has 4 nitrogen and oxygen atoms in total. The molecule has 0 unspecified atom stereocenters. The molecule has 0 heterocycles. The Balaban J connectivity index is 2.61. The lowest BCUT2D eigenvalue weighted by atomic mass is 10.2. The summed E-state index contributed by atoms with van der Waals surface area (Å²) in [5.41, 5.74) is 0.508. The summed E-state index contributed by atoms with van der Waals surface area (Å²) in [6.45, 7) is 3.05. The summed E-state index contributed by atoms with van der Waals surface area (Å²) in [5, 5.41) is 3.06. The normalized spacial score (nSPS) is 10.4. The van der Waals surface area contributed by atoms with Crippen molar-refractivity contribution < 1.29 is 23.0 Å². The molecule has 0 aliphatic rings. The number of rotatable bonds is 8. The molecule has 0 aliphatic carbocycles. The van der Waals surface area contributed by atoms with E-state index in [4.69, 9.17) is 4.74 Å². The zero-order valence-corrected chi connectivity index (χ0v) is 11.7. The van der Waals surface area contributed by atoms with Gasteiger partial charge in [-0.2, -0.15) is 0 Å². The molecule has 0 aromatic heterocycles. The zero-order valence-electron chi connectivity index (χ0n) is 11.7. The van der Waals surface area contributed by atoms with E-state index < -0.39 is 23.4 Å². The molecule has 0 bridgehead atoms. The van der Waals surface area contributed by atoms with Crippen LogP contribution in [0.1, 0.15) is 25.3 Å². The highest BCUT2D eigenvalue weighted by Crippen LogP contribution is 2.23. The minimum atomic E-state index is -0.775. The van der Waals surface area contributed by atoms with Crippen LogP contribution in [0.25, 0.3) is 0 Å². The van der Waals surface area contributed by atoms with Crippen molar-refractivity contribution in [1.82, 2.24) is 5.32 Å². The van der Waals surface area contributed by atoms with Gasteiger partial charge >= 0.3 is 5.97 Å². The molecule has 1 aromatic carbocycles.